The summed E-state index contributed by atoms with van der Waals surface area (Å²) in [6.45, 7) is 2.19. The summed E-state index contributed by atoms with van der Waals surface area (Å²) in [6, 6.07) is 10.5. The van der Waals surface area contributed by atoms with E-state index in [2.05, 4.69) is 16.9 Å². The molecule has 1 aromatic carbocycles. The maximum Gasteiger partial charge on any atom is 0.164 e. The van der Waals surface area contributed by atoms with E-state index in [1.807, 2.05) is 24.4 Å². The van der Waals surface area contributed by atoms with Gasteiger partial charge < -0.3 is 0 Å². The van der Waals surface area contributed by atoms with E-state index in [1.165, 1.54) is 11.6 Å². The van der Waals surface area contributed by atoms with Gasteiger partial charge in [-0.2, -0.15) is 0 Å². The molecule has 1 atom stereocenters. The highest BCUT2D eigenvalue weighted by atomic mass is 19.1. The van der Waals surface area contributed by atoms with E-state index < -0.39 is 0 Å². The third-order valence-corrected chi connectivity index (χ3v) is 6.24. The fourth-order valence-electron chi connectivity index (χ4n) is 4.60. The second-order valence-electron chi connectivity index (χ2n) is 8.02. The highest BCUT2D eigenvalue weighted by Gasteiger charge is 2.28. The number of carbonyl (C=O) groups excluding carboxylic acids is 1. The number of fused-ring (bicyclic) bond motifs is 1. The zero-order valence-corrected chi connectivity index (χ0v) is 16.1. The maximum atomic E-state index is 13.7. The van der Waals surface area contributed by atoms with Gasteiger partial charge in [-0.1, -0.05) is 6.92 Å². The van der Waals surface area contributed by atoms with E-state index in [4.69, 9.17) is 0 Å². The number of Topliss-reactive ketones (excluding diaryl/α,β-unsaturated/α-hetero) is 1. The molecule has 4 rings (SSSR count). The summed E-state index contributed by atoms with van der Waals surface area (Å²) in [7, 11) is 0. The Bertz CT molecular complexity index is 965. The lowest BCUT2D eigenvalue weighted by Crippen LogP contribution is -2.21. The number of aromatic nitrogens is 2. The Hall–Kier alpha value is -2.62. The molecule has 0 unspecified atom stereocenters. The van der Waals surface area contributed by atoms with Crippen LogP contribution >= 0.6 is 0 Å². The minimum absolute atomic E-state index is 0.179. The number of pyridine rings is 2. The van der Waals surface area contributed by atoms with E-state index in [0.29, 0.717) is 29.7 Å². The van der Waals surface area contributed by atoms with Gasteiger partial charge in [-0.05, 0) is 85.4 Å². The van der Waals surface area contributed by atoms with Crippen LogP contribution in [0.1, 0.15) is 60.9 Å². The lowest BCUT2D eigenvalue weighted by molar-refractivity contribution is 0.0937. The monoisotopic (exact) mass is 376 g/mol. The molecule has 0 bridgehead atoms. The topological polar surface area (TPSA) is 42.9 Å². The summed E-state index contributed by atoms with van der Waals surface area (Å²) in [4.78, 5) is 20.9. The Morgan fingerprint density at radius 2 is 1.96 bits per heavy atom. The van der Waals surface area contributed by atoms with Gasteiger partial charge in [0, 0.05) is 36.0 Å². The molecule has 1 aliphatic rings. The van der Waals surface area contributed by atoms with Crippen molar-refractivity contribution in [3.05, 3.63) is 71.9 Å². The second kappa shape index (κ2) is 8.17. The van der Waals surface area contributed by atoms with Gasteiger partial charge in [0.1, 0.15) is 5.82 Å². The average molecular weight is 376 g/mol. The number of halogens is 1. The third-order valence-electron chi connectivity index (χ3n) is 6.24. The minimum atomic E-state index is -0.210. The quantitative estimate of drug-likeness (QED) is 0.517. The molecule has 3 nitrogen and oxygen atoms in total. The van der Waals surface area contributed by atoms with Crippen LogP contribution in [0.15, 0.2) is 55.0 Å². The number of rotatable bonds is 5. The Kier molecular flexibility index (Phi) is 5.47. The van der Waals surface area contributed by atoms with Crippen molar-refractivity contribution in [3.63, 3.8) is 0 Å². The second-order valence-corrected chi connectivity index (χ2v) is 8.02. The average Bonchev–Trinajstić information content (AvgIpc) is 2.74. The van der Waals surface area contributed by atoms with Gasteiger partial charge in [0.05, 0.1) is 5.52 Å². The van der Waals surface area contributed by atoms with Gasteiger partial charge in [0.15, 0.2) is 5.78 Å². The lowest BCUT2D eigenvalue weighted by atomic mass is 9.72. The van der Waals surface area contributed by atoms with Crippen LogP contribution in [-0.4, -0.2) is 15.8 Å². The largest absolute Gasteiger partial charge is 0.294 e. The van der Waals surface area contributed by atoms with E-state index in [1.54, 1.807) is 24.5 Å². The van der Waals surface area contributed by atoms with E-state index in [9.17, 15) is 9.18 Å². The molecule has 144 valence electrons. The molecule has 0 spiro atoms. The first-order chi connectivity index (χ1) is 13.6. The van der Waals surface area contributed by atoms with Crippen LogP contribution in [0, 0.1) is 17.7 Å². The summed E-state index contributed by atoms with van der Waals surface area (Å²) in [5.74, 6) is 1.32. The van der Waals surface area contributed by atoms with Crippen LogP contribution in [0.5, 0.6) is 0 Å². The predicted octanol–water partition coefficient (Wildman–Crippen LogP) is 5.95. The Morgan fingerprint density at radius 3 is 2.71 bits per heavy atom. The van der Waals surface area contributed by atoms with Crippen molar-refractivity contribution >= 4 is 16.7 Å². The molecule has 0 N–H and O–H groups in total. The lowest BCUT2D eigenvalue weighted by Gasteiger charge is -2.32. The molecule has 0 radical (unpaired) electrons. The number of nitrogens with zero attached hydrogens (tertiary/aromatic N) is 2. The first-order valence-corrected chi connectivity index (χ1v) is 10.1. The van der Waals surface area contributed by atoms with Crippen LogP contribution in [0.3, 0.4) is 0 Å². The number of carbonyl (C=O) groups is 1. The first-order valence-electron chi connectivity index (χ1n) is 10.1. The summed E-state index contributed by atoms with van der Waals surface area (Å²) >= 11 is 0. The van der Waals surface area contributed by atoms with Gasteiger partial charge >= 0.3 is 0 Å². The van der Waals surface area contributed by atoms with E-state index in [-0.39, 0.29) is 11.6 Å². The standard InChI is InChI=1S/C24H25FN2O/c1-16(13-24(28)19-3-2-11-26-15-19)17-4-6-18(7-5-17)21-10-12-27-23-9-8-20(25)14-22(21)23/h2-3,8-12,14-18H,4-7,13H2,1H3/t16-,17?,18?/m0/s1. The molecule has 3 aromatic rings. The summed E-state index contributed by atoms with van der Waals surface area (Å²) < 4.78 is 13.7. The Labute approximate surface area is 165 Å². The zero-order chi connectivity index (χ0) is 19.5. The zero-order valence-electron chi connectivity index (χ0n) is 16.1. The van der Waals surface area contributed by atoms with Gasteiger partial charge in [-0.3, -0.25) is 14.8 Å². The van der Waals surface area contributed by atoms with Crippen LogP contribution in [0.25, 0.3) is 10.9 Å². The predicted molar refractivity (Wildman–Crippen MR) is 109 cm³/mol. The number of hydrogen-bond acceptors (Lipinski definition) is 3. The number of hydrogen-bond donors (Lipinski definition) is 0. The van der Waals surface area contributed by atoms with Crippen molar-refractivity contribution < 1.29 is 9.18 Å². The summed E-state index contributed by atoms with van der Waals surface area (Å²) in [5, 5.41) is 0.936. The molecule has 4 heteroatoms. The molecule has 0 saturated heterocycles. The van der Waals surface area contributed by atoms with Crippen LogP contribution in [0.2, 0.25) is 0 Å². The number of ketones is 1. The smallest absolute Gasteiger partial charge is 0.164 e. The fourth-order valence-corrected chi connectivity index (χ4v) is 4.60. The van der Waals surface area contributed by atoms with Crippen LogP contribution in [0.4, 0.5) is 4.39 Å². The SMILES string of the molecule is C[C@@H](CC(=O)c1cccnc1)C1CCC(c2ccnc3ccc(F)cc23)CC1. The van der Waals surface area contributed by atoms with Gasteiger partial charge in [0.25, 0.3) is 0 Å². The van der Waals surface area contributed by atoms with Gasteiger partial charge in [-0.15, -0.1) is 0 Å². The minimum Gasteiger partial charge on any atom is -0.294 e. The normalized spacial score (nSPS) is 20.8. The summed E-state index contributed by atoms with van der Waals surface area (Å²) in [6.07, 6.45) is 10.1. The molecule has 0 aliphatic heterocycles. The van der Waals surface area contributed by atoms with E-state index in [0.717, 1.165) is 36.6 Å². The molecule has 28 heavy (non-hydrogen) atoms. The van der Waals surface area contributed by atoms with Crippen molar-refractivity contribution in [2.75, 3.05) is 0 Å². The molecule has 2 heterocycles. The van der Waals surface area contributed by atoms with Crippen LogP contribution in [-0.2, 0) is 0 Å². The molecular formula is C24H25FN2O. The molecule has 1 fully saturated rings. The Balaban J connectivity index is 1.41. The molecular weight excluding hydrogens is 351 g/mol. The van der Waals surface area contributed by atoms with Crippen LogP contribution < -0.4 is 0 Å². The Morgan fingerprint density at radius 1 is 1.14 bits per heavy atom. The molecule has 0 amide bonds. The van der Waals surface area contributed by atoms with Crippen molar-refractivity contribution in [3.8, 4) is 0 Å². The molecule has 2 aromatic heterocycles. The van der Waals surface area contributed by atoms with Crippen molar-refractivity contribution in [2.45, 2.75) is 44.9 Å². The highest BCUT2D eigenvalue weighted by Crippen LogP contribution is 2.41. The third kappa shape index (κ3) is 3.96. The van der Waals surface area contributed by atoms with Crippen molar-refractivity contribution in [2.24, 2.45) is 11.8 Å². The summed E-state index contributed by atoms with van der Waals surface area (Å²) in [5.41, 5.74) is 2.77. The maximum absolute atomic E-state index is 13.7. The van der Waals surface area contributed by atoms with Crippen molar-refractivity contribution in [1.82, 2.24) is 9.97 Å². The van der Waals surface area contributed by atoms with Gasteiger partial charge in [-0.25, -0.2) is 4.39 Å². The van der Waals surface area contributed by atoms with E-state index >= 15 is 0 Å². The number of benzene rings is 1. The molecule has 1 saturated carbocycles. The highest BCUT2D eigenvalue weighted by molar-refractivity contribution is 5.95. The first kappa shape index (κ1) is 18.7. The van der Waals surface area contributed by atoms with Gasteiger partial charge in [0.2, 0.25) is 0 Å². The van der Waals surface area contributed by atoms with Crippen molar-refractivity contribution in [1.29, 1.82) is 0 Å². The fraction of sp³-hybridized carbons (Fsp3) is 0.375. The molecule has 1 aliphatic carbocycles.